The Bertz CT molecular complexity index is 1150. The minimum atomic E-state index is -0.902. The molecule has 31 heavy (non-hydrogen) atoms. The van der Waals surface area contributed by atoms with Crippen molar-refractivity contribution < 1.29 is 9.90 Å². The zero-order valence-electron chi connectivity index (χ0n) is 17.8. The molecule has 0 spiro atoms. The molecule has 0 atom stereocenters. The van der Waals surface area contributed by atoms with Crippen LogP contribution in [0.1, 0.15) is 27.2 Å². The molecular formula is C23H26N6O2. The van der Waals surface area contributed by atoms with E-state index in [1.165, 1.54) is 5.69 Å². The van der Waals surface area contributed by atoms with Gasteiger partial charge in [-0.25, -0.2) is 9.78 Å². The maximum Gasteiger partial charge on any atom is 0.337 e. The first-order valence-corrected chi connectivity index (χ1v) is 10.6. The van der Waals surface area contributed by atoms with E-state index in [0.29, 0.717) is 17.9 Å². The molecule has 0 bridgehead atoms. The van der Waals surface area contributed by atoms with Crippen LogP contribution in [0.3, 0.4) is 0 Å². The van der Waals surface area contributed by atoms with E-state index in [2.05, 4.69) is 52.3 Å². The first kappa shape index (κ1) is 19.6. The van der Waals surface area contributed by atoms with Crippen molar-refractivity contribution in [2.75, 3.05) is 43.4 Å². The number of hydrogen-bond acceptors (Lipinski definition) is 6. The summed E-state index contributed by atoms with van der Waals surface area (Å²) in [5.41, 5.74) is 5.49. The molecule has 1 saturated heterocycles. The van der Waals surface area contributed by atoms with E-state index in [-0.39, 0.29) is 0 Å². The summed E-state index contributed by atoms with van der Waals surface area (Å²) in [4.78, 5) is 25.5. The molecule has 2 aromatic heterocycles. The Hall–Kier alpha value is -3.39. The molecule has 1 fully saturated rings. The number of hydrogen-bond donors (Lipinski definition) is 2. The third kappa shape index (κ3) is 3.63. The van der Waals surface area contributed by atoms with Gasteiger partial charge in [-0.3, -0.25) is 0 Å². The van der Waals surface area contributed by atoms with E-state index >= 15 is 0 Å². The number of carboxylic acid groups (broad SMARTS) is 1. The number of fused-ring (bicyclic) bond motifs is 3. The Morgan fingerprint density at radius 3 is 2.68 bits per heavy atom. The molecule has 0 unspecified atom stereocenters. The van der Waals surface area contributed by atoms with Crippen molar-refractivity contribution in [1.29, 1.82) is 0 Å². The van der Waals surface area contributed by atoms with Crippen LogP contribution >= 0.6 is 0 Å². The number of nitrogens with zero attached hydrogens (tertiary/aromatic N) is 5. The van der Waals surface area contributed by atoms with E-state index in [4.69, 9.17) is 4.98 Å². The molecular weight excluding hydrogens is 392 g/mol. The lowest BCUT2D eigenvalue weighted by molar-refractivity contribution is 0.0695. The SMILES string of the molecule is Cc1cc(N2CCN(C)CC2)ccc1Nc1ncc2c(n1)-n1ccc(C(=O)O)c1CC2. The van der Waals surface area contributed by atoms with Gasteiger partial charge in [-0.2, -0.15) is 4.98 Å². The van der Waals surface area contributed by atoms with Gasteiger partial charge in [0.25, 0.3) is 0 Å². The molecule has 5 rings (SSSR count). The van der Waals surface area contributed by atoms with Crippen LogP contribution in [-0.4, -0.2) is 63.7 Å². The molecule has 8 nitrogen and oxygen atoms in total. The summed E-state index contributed by atoms with van der Waals surface area (Å²) < 4.78 is 1.87. The van der Waals surface area contributed by atoms with Gasteiger partial charge in [-0.15, -0.1) is 0 Å². The van der Waals surface area contributed by atoms with Gasteiger partial charge in [0.2, 0.25) is 5.95 Å². The number of carbonyl (C=O) groups is 1. The van der Waals surface area contributed by atoms with Crippen LogP contribution in [-0.2, 0) is 12.8 Å². The lowest BCUT2D eigenvalue weighted by Crippen LogP contribution is -2.44. The molecule has 2 aliphatic heterocycles. The van der Waals surface area contributed by atoms with Crippen molar-refractivity contribution in [2.24, 2.45) is 0 Å². The van der Waals surface area contributed by atoms with Crippen molar-refractivity contribution >= 4 is 23.3 Å². The fourth-order valence-electron chi connectivity index (χ4n) is 4.38. The van der Waals surface area contributed by atoms with Crippen molar-refractivity contribution in [2.45, 2.75) is 19.8 Å². The third-order valence-corrected chi connectivity index (χ3v) is 6.25. The van der Waals surface area contributed by atoms with Gasteiger partial charge in [0, 0.05) is 61.2 Å². The zero-order valence-corrected chi connectivity index (χ0v) is 17.8. The van der Waals surface area contributed by atoms with E-state index in [1.807, 2.05) is 10.8 Å². The predicted molar refractivity (Wildman–Crippen MR) is 120 cm³/mol. The van der Waals surface area contributed by atoms with Crippen LogP contribution in [0.25, 0.3) is 5.82 Å². The van der Waals surface area contributed by atoms with Gasteiger partial charge in [0.15, 0.2) is 0 Å². The fourth-order valence-corrected chi connectivity index (χ4v) is 4.38. The zero-order chi connectivity index (χ0) is 21.5. The number of carboxylic acids is 1. The van der Waals surface area contributed by atoms with Gasteiger partial charge in [0.1, 0.15) is 5.82 Å². The summed E-state index contributed by atoms with van der Waals surface area (Å²) in [7, 11) is 2.16. The lowest BCUT2D eigenvalue weighted by atomic mass is 10.0. The first-order chi connectivity index (χ1) is 15.0. The van der Waals surface area contributed by atoms with Crippen LogP contribution in [0.5, 0.6) is 0 Å². The quantitative estimate of drug-likeness (QED) is 0.674. The minimum absolute atomic E-state index is 0.342. The van der Waals surface area contributed by atoms with Gasteiger partial charge >= 0.3 is 5.97 Å². The predicted octanol–water partition coefficient (Wildman–Crippen LogP) is 2.87. The normalized spacial score (nSPS) is 16.0. The molecule has 8 heteroatoms. The largest absolute Gasteiger partial charge is 0.478 e. The molecule has 0 amide bonds. The Morgan fingerprint density at radius 2 is 1.94 bits per heavy atom. The second kappa shape index (κ2) is 7.70. The lowest BCUT2D eigenvalue weighted by Gasteiger charge is -2.34. The molecule has 4 heterocycles. The smallest absolute Gasteiger partial charge is 0.337 e. The Kier molecular flexibility index (Phi) is 4.86. The number of aromatic carboxylic acids is 1. The summed E-state index contributed by atoms with van der Waals surface area (Å²) >= 11 is 0. The van der Waals surface area contributed by atoms with Crippen molar-refractivity contribution in [3.05, 3.63) is 59.0 Å². The highest BCUT2D eigenvalue weighted by Crippen LogP contribution is 2.29. The van der Waals surface area contributed by atoms with E-state index in [9.17, 15) is 9.90 Å². The highest BCUT2D eigenvalue weighted by molar-refractivity contribution is 5.89. The molecule has 160 valence electrons. The second-order valence-corrected chi connectivity index (χ2v) is 8.31. The topological polar surface area (TPSA) is 86.5 Å². The molecule has 2 aliphatic rings. The maximum atomic E-state index is 11.5. The number of aromatic nitrogens is 3. The number of anilines is 3. The molecule has 0 radical (unpaired) electrons. The number of rotatable bonds is 4. The van der Waals surface area contributed by atoms with E-state index in [1.54, 1.807) is 12.3 Å². The van der Waals surface area contributed by atoms with Crippen LogP contribution in [0.2, 0.25) is 0 Å². The Labute approximate surface area is 181 Å². The Morgan fingerprint density at radius 1 is 1.13 bits per heavy atom. The third-order valence-electron chi connectivity index (χ3n) is 6.25. The summed E-state index contributed by atoms with van der Waals surface area (Å²) in [6, 6.07) is 8.07. The van der Waals surface area contributed by atoms with Gasteiger partial charge in [0.05, 0.1) is 5.56 Å². The summed E-state index contributed by atoms with van der Waals surface area (Å²) in [6.07, 6.45) is 5.02. The molecule has 0 aliphatic carbocycles. The fraction of sp³-hybridized carbons (Fsp3) is 0.348. The minimum Gasteiger partial charge on any atom is -0.478 e. The molecule has 1 aromatic carbocycles. The Balaban J connectivity index is 1.39. The second-order valence-electron chi connectivity index (χ2n) is 8.31. The van der Waals surface area contributed by atoms with E-state index in [0.717, 1.165) is 60.9 Å². The van der Waals surface area contributed by atoms with Crippen LogP contribution < -0.4 is 10.2 Å². The van der Waals surface area contributed by atoms with Crippen molar-refractivity contribution in [1.82, 2.24) is 19.4 Å². The van der Waals surface area contributed by atoms with Crippen LogP contribution in [0.15, 0.2) is 36.7 Å². The number of likely N-dealkylation sites (N-methyl/N-ethyl adjacent to an activating group) is 1. The van der Waals surface area contributed by atoms with Gasteiger partial charge in [-0.1, -0.05) is 0 Å². The number of aryl methyl sites for hydroxylation is 2. The van der Waals surface area contributed by atoms with Crippen LogP contribution in [0.4, 0.5) is 17.3 Å². The highest BCUT2D eigenvalue weighted by Gasteiger charge is 2.23. The van der Waals surface area contributed by atoms with Crippen molar-refractivity contribution in [3.8, 4) is 5.82 Å². The summed E-state index contributed by atoms with van der Waals surface area (Å²) in [6.45, 7) is 6.31. The number of piperazine rings is 1. The molecule has 3 aromatic rings. The average Bonchev–Trinajstić information content (AvgIpc) is 3.21. The van der Waals surface area contributed by atoms with E-state index < -0.39 is 5.97 Å². The maximum absolute atomic E-state index is 11.5. The molecule has 0 saturated carbocycles. The monoisotopic (exact) mass is 418 g/mol. The highest BCUT2D eigenvalue weighted by atomic mass is 16.4. The number of benzene rings is 1. The number of nitrogens with one attached hydrogen (secondary N) is 1. The molecule has 2 N–H and O–H groups in total. The average molecular weight is 419 g/mol. The first-order valence-electron chi connectivity index (χ1n) is 10.6. The summed E-state index contributed by atoms with van der Waals surface area (Å²) in [5.74, 6) is 0.353. The van der Waals surface area contributed by atoms with Gasteiger partial charge in [-0.05, 0) is 56.6 Å². The summed E-state index contributed by atoms with van der Waals surface area (Å²) in [5, 5.41) is 12.8. The standard InChI is InChI=1S/C23H26N6O2/c1-15-13-17(28-11-9-27(2)10-12-28)4-5-19(15)25-23-24-14-16-3-6-20-18(22(30)31)7-8-29(20)21(16)26-23/h4-5,7-8,13-14H,3,6,9-12H2,1-2H3,(H,30,31)(H,24,25,26). The van der Waals surface area contributed by atoms with Crippen LogP contribution in [0, 0.1) is 6.92 Å². The van der Waals surface area contributed by atoms with Gasteiger partial charge < -0.3 is 24.8 Å². The van der Waals surface area contributed by atoms with Crippen molar-refractivity contribution in [3.63, 3.8) is 0 Å².